The molecule has 1 heterocycles. The van der Waals surface area contributed by atoms with Crippen molar-refractivity contribution in [3.8, 4) is 11.3 Å². The van der Waals surface area contributed by atoms with E-state index in [1.807, 2.05) is 30.3 Å². The molecule has 0 aliphatic heterocycles. The SMILES string of the molecule is CNC(=O)c1ccc(NCc2cc(-c3ccccc3)on2)c([N+](=O)[O-])c1. The average molecular weight is 352 g/mol. The van der Waals surface area contributed by atoms with Crippen LogP contribution in [0.2, 0.25) is 0 Å². The van der Waals surface area contributed by atoms with Crippen molar-refractivity contribution in [1.82, 2.24) is 10.5 Å². The molecule has 8 nitrogen and oxygen atoms in total. The van der Waals surface area contributed by atoms with Gasteiger partial charge >= 0.3 is 0 Å². The van der Waals surface area contributed by atoms with Crippen LogP contribution in [0.5, 0.6) is 0 Å². The van der Waals surface area contributed by atoms with Crippen molar-refractivity contribution >= 4 is 17.3 Å². The normalized spacial score (nSPS) is 10.3. The second kappa shape index (κ2) is 7.47. The monoisotopic (exact) mass is 352 g/mol. The van der Waals surface area contributed by atoms with Crippen LogP contribution in [0, 0.1) is 10.1 Å². The maximum atomic E-state index is 11.6. The number of benzene rings is 2. The Kier molecular flexibility index (Phi) is 4.93. The first kappa shape index (κ1) is 17.2. The number of amides is 1. The maximum absolute atomic E-state index is 11.6. The molecule has 0 aliphatic rings. The number of nitrogens with one attached hydrogen (secondary N) is 2. The molecule has 0 radical (unpaired) electrons. The zero-order chi connectivity index (χ0) is 18.5. The van der Waals surface area contributed by atoms with Crippen molar-refractivity contribution in [2.75, 3.05) is 12.4 Å². The minimum Gasteiger partial charge on any atom is -0.374 e. The third kappa shape index (κ3) is 3.69. The fraction of sp³-hybridized carbons (Fsp3) is 0.111. The molecule has 0 spiro atoms. The summed E-state index contributed by atoms with van der Waals surface area (Å²) in [4.78, 5) is 22.4. The van der Waals surface area contributed by atoms with Gasteiger partial charge in [0.1, 0.15) is 11.4 Å². The number of rotatable bonds is 6. The quantitative estimate of drug-likeness (QED) is 0.520. The van der Waals surface area contributed by atoms with E-state index in [1.165, 1.54) is 25.2 Å². The van der Waals surface area contributed by atoms with E-state index in [0.29, 0.717) is 17.1 Å². The zero-order valence-corrected chi connectivity index (χ0v) is 13.9. The summed E-state index contributed by atoms with van der Waals surface area (Å²) < 4.78 is 5.31. The Morgan fingerprint density at radius 3 is 2.65 bits per heavy atom. The lowest BCUT2D eigenvalue weighted by atomic mass is 10.1. The van der Waals surface area contributed by atoms with Gasteiger partial charge in [-0.15, -0.1) is 0 Å². The number of anilines is 1. The Hall–Kier alpha value is -3.68. The predicted molar refractivity (Wildman–Crippen MR) is 95.8 cm³/mol. The van der Waals surface area contributed by atoms with E-state index in [1.54, 1.807) is 6.07 Å². The summed E-state index contributed by atoms with van der Waals surface area (Å²) in [6, 6.07) is 15.5. The van der Waals surface area contributed by atoms with Gasteiger partial charge in [0.15, 0.2) is 5.76 Å². The summed E-state index contributed by atoms with van der Waals surface area (Å²) in [6.45, 7) is 0.247. The Morgan fingerprint density at radius 2 is 1.96 bits per heavy atom. The molecular formula is C18H16N4O4. The van der Waals surface area contributed by atoms with Crippen LogP contribution in [-0.2, 0) is 6.54 Å². The van der Waals surface area contributed by atoms with Gasteiger partial charge in [0.25, 0.3) is 11.6 Å². The lowest BCUT2D eigenvalue weighted by Gasteiger charge is -2.07. The number of nitrogens with zero attached hydrogens (tertiary/aromatic N) is 2. The summed E-state index contributed by atoms with van der Waals surface area (Å²) in [6.07, 6.45) is 0. The highest BCUT2D eigenvalue weighted by molar-refractivity contribution is 5.95. The number of carbonyl (C=O) groups excluding carboxylic acids is 1. The highest BCUT2D eigenvalue weighted by Crippen LogP contribution is 2.27. The Bertz CT molecular complexity index is 937. The van der Waals surface area contributed by atoms with E-state index >= 15 is 0 Å². The van der Waals surface area contributed by atoms with Gasteiger partial charge in [0.2, 0.25) is 0 Å². The standard InChI is InChI=1S/C18H16N4O4/c1-19-18(23)13-7-8-15(16(9-13)22(24)25)20-11-14-10-17(26-21-14)12-5-3-2-4-6-12/h2-10,20H,11H2,1H3,(H,19,23). The molecule has 2 aromatic carbocycles. The first-order chi connectivity index (χ1) is 12.6. The van der Waals surface area contributed by atoms with Gasteiger partial charge in [-0.05, 0) is 12.1 Å². The Balaban J connectivity index is 1.76. The van der Waals surface area contributed by atoms with Crippen molar-refractivity contribution in [1.29, 1.82) is 0 Å². The van der Waals surface area contributed by atoms with Crippen LogP contribution in [0.1, 0.15) is 16.1 Å². The molecule has 1 amide bonds. The van der Waals surface area contributed by atoms with Crippen LogP contribution in [-0.4, -0.2) is 23.0 Å². The van der Waals surface area contributed by atoms with E-state index < -0.39 is 4.92 Å². The molecule has 8 heteroatoms. The van der Waals surface area contributed by atoms with Crippen molar-refractivity contribution in [3.05, 3.63) is 76.0 Å². The molecule has 1 aromatic heterocycles. The molecular weight excluding hydrogens is 336 g/mol. The van der Waals surface area contributed by atoms with Crippen molar-refractivity contribution in [3.63, 3.8) is 0 Å². The number of nitro benzene ring substituents is 1. The minimum atomic E-state index is -0.535. The number of hydrogen-bond donors (Lipinski definition) is 2. The maximum Gasteiger partial charge on any atom is 0.293 e. The third-order valence-corrected chi connectivity index (χ3v) is 3.76. The van der Waals surface area contributed by atoms with Crippen LogP contribution in [0.25, 0.3) is 11.3 Å². The fourth-order valence-corrected chi connectivity index (χ4v) is 2.44. The minimum absolute atomic E-state index is 0.183. The number of aromatic nitrogens is 1. The van der Waals surface area contributed by atoms with Gasteiger partial charge in [0.05, 0.1) is 11.5 Å². The van der Waals surface area contributed by atoms with Gasteiger partial charge in [-0.25, -0.2) is 0 Å². The molecule has 0 unspecified atom stereocenters. The molecule has 2 N–H and O–H groups in total. The van der Waals surface area contributed by atoms with E-state index in [2.05, 4.69) is 15.8 Å². The van der Waals surface area contributed by atoms with E-state index in [0.717, 1.165) is 5.56 Å². The van der Waals surface area contributed by atoms with Crippen molar-refractivity contribution in [2.45, 2.75) is 6.54 Å². The molecule has 26 heavy (non-hydrogen) atoms. The van der Waals surface area contributed by atoms with Crippen LogP contribution < -0.4 is 10.6 Å². The summed E-state index contributed by atoms with van der Waals surface area (Å²) in [5.41, 5.74) is 1.84. The lowest BCUT2D eigenvalue weighted by molar-refractivity contribution is -0.384. The molecule has 3 aromatic rings. The van der Waals surface area contributed by atoms with Gasteiger partial charge in [-0.2, -0.15) is 0 Å². The smallest absolute Gasteiger partial charge is 0.293 e. The highest BCUT2D eigenvalue weighted by Gasteiger charge is 2.17. The number of hydrogen-bond acceptors (Lipinski definition) is 6. The van der Waals surface area contributed by atoms with E-state index in [-0.39, 0.29) is 23.7 Å². The van der Waals surface area contributed by atoms with Gasteiger partial charge in [-0.1, -0.05) is 35.5 Å². The second-order valence-corrected chi connectivity index (χ2v) is 5.47. The fourth-order valence-electron chi connectivity index (χ4n) is 2.44. The lowest BCUT2D eigenvalue weighted by Crippen LogP contribution is -2.18. The summed E-state index contributed by atoms with van der Waals surface area (Å²) in [7, 11) is 1.47. The van der Waals surface area contributed by atoms with Crippen LogP contribution in [0.4, 0.5) is 11.4 Å². The summed E-state index contributed by atoms with van der Waals surface area (Å²) >= 11 is 0. The van der Waals surface area contributed by atoms with Crippen molar-refractivity contribution < 1.29 is 14.2 Å². The molecule has 0 atom stereocenters. The van der Waals surface area contributed by atoms with Crippen LogP contribution >= 0.6 is 0 Å². The molecule has 0 fully saturated rings. The first-order valence-corrected chi connectivity index (χ1v) is 7.84. The topological polar surface area (TPSA) is 110 Å². The molecule has 0 aliphatic carbocycles. The number of carbonyl (C=O) groups is 1. The Labute approximate surface area is 149 Å². The zero-order valence-electron chi connectivity index (χ0n) is 13.9. The first-order valence-electron chi connectivity index (χ1n) is 7.84. The van der Waals surface area contributed by atoms with E-state index in [4.69, 9.17) is 4.52 Å². The average Bonchev–Trinajstić information content (AvgIpc) is 3.15. The number of nitro groups is 1. The third-order valence-electron chi connectivity index (χ3n) is 3.76. The molecule has 0 bridgehead atoms. The summed E-state index contributed by atoms with van der Waals surface area (Å²) in [5.74, 6) is 0.232. The molecule has 3 rings (SSSR count). The highest BCUT2D eigenvalue weighted by atomic mass is 16.6. The summed E-state index contributed by atoms with van der Waals surface area (Å²) in [5, 5.41) is 20.7. The van der Waals surface area contributed by atoms with Crippen molar-refractivity contribution in [2.24, 2.45) is 0 Å². The van der Waals surface area contributed by atoms with Gasteiger partial charge in [0, 0.05) is 30.3 Å². The second-order valence-electron chi connectivity index (χ2n) is 5.47. The van der Waals surface area contributed by atoms with E-state index in [9.17, 15) is 14.9 Å². The largest absolute Gasteiger partial charge is 0.374 e. The predicted octanol–water partition coefficient (Wildman–Crippen LogP) is 3.22. The molecule has 0 saturated heterocycles. The molecule has 132 valence electrons. The van der Waals surface area contributed by atoms with Gasteiger partial charge < -0.3 is 15.2 Å². The Morgan fingerprint density at radius 1 is 1.19 bits per heavy atom. The van der Waals surface area contributed by atoms with Crippen LogP contribution in [0.15, 0.2) is 59.1 Å². The molecule has 0 saturated carbocycles. The van der Waals surface area contributed by atoms with Crippen LogP contribution in [0.3, 0.4) is 0 Å². The van der Waals surface area contributed by atoms with Gasteiger partial charge in [-0.3, -0.25) is 14.9 Å².